The van der Waals surface area contributed by atoms with Gasteiger partial charge in [0.05, 0.1) is 0 Å². The number of nitrogens with one attached hydrogen (secondary N) is 1. The van der Waals surface area contributed by atoms with Crippen molar-refractivity contribution in [2.75, 3.05) is 5.32 Å². The molecule has 5 nitrogen and oxygen atoms in total. The molecule has 0 atom stereocenters. The Bertz CT molecular complexity index is 793. The Morgan fingerprint density at radius 1 is 1.29 bits per heavy atom. The van der Waals surface area contributed by atoms with Crippen molar-refractivity contribution in [3.8, 4) is 0 Å². The number of anilines is 1. The highest BCUT2D eigenvalue weighted by atomic mass is 35.5. The van der Waals surface area contributed by atoms with Crippen LogP contribution in [0.25, 0.3) is 11.2 Å². The standard InChI is InChI=1S/C16H19ClF2N4O/c1-15(2,16(3,18)19)13(24)22-14-20-10-7-8-11(17)21-12(10)23(14)9-5-4-6-9/h7-9H,4-6H2,1-3H3,(H,20,22,24). The van der Waals surface area contributed by atoms with Crippen LogP contribution in [0, 0.1) is 5.41 Å². The summed E-state index contributed by atoms with van der Waals surface area (Å²) in [7, 11) is 0. The quantitative estimate of drug-likeness (QED) is 0.824. The van der Waals surface area contributed by atoms with E-state index in [1.807, 2.05) is 0 Å². The summed E-state index contributed by atoms with van der Waals surface area (Å²) < 4.78 is 29.3. The summed E-state index contributed by atoms with van der Waals surface area (Å²) >= 11 is 5.97. The first-order chi connectivity index (χ1) is 11.1. The van der Waals surface area contributed by atoms with E-state index < -0.39 is 17.2 Å². The number of imidazole rings is 1. The molecule has 2 heterocycles. The second-order valence-electron chi connectivity index (χ2n) is 6.83. The molecule has 1 aliphatic rings. The van der Waals surface area contributed by atoms with Crippen molar-refractivity contribution in [2.45, 2.75) is 52.0 Å². The molecule has 0 aliphatic heterocycles. The average Bonchev–Trinajstić information content (AvgIpc) is 2.74. The topological polar surface area (TPSA) is 59.8 Å². The van der Waals surface area contributed by atoms with Gasteiger partial charge in [-0.2, -0.15) is 0 Å². The van der Waals surface area contributed by atoms with Crippen LogP contribution in [0.3, 0.4) is 0 Å². The van der Waals surface area contributed by atoms with Gasteiger partial charge >= 0.3 is 0 Å². The summed E-state index contributed by atoms with van der Waals surface area (Å²) in [4.78, 5) is 21.1. The zero-order chi connectivity index (χ0) is 17.7. The van der Waals surface area contributed by atoms with E-state index in [4.69, 9.17) is 11.6 Å². The summed E-state index contributed by atoms with van der Waals surface area (Å²) in [5.41, 5.74) is -0.730. The average molecular weight is 357 g/mol. The van der Waals surface area contributed by atoms with Crippen LogP contribution < -0.4 is 5.32 Å². The van der Waals surface area contributed by atoms with Crippen LogP contribution in [-0.2, 0) is 4.79 Å². The largest absolute Gasteiger partial charge is 0.295 e. The molecule has 0 bridgehead atoms. The molecule has 2 aromatic rings. The Labute approximate surface area is 143 Å². The number of halogens is 3. The van der Waals surface area contributed by atoms with Crippen LogP contribution in [0.5, 0.6) is 0 Å². The lowest BCUT2D eigenvalue weighted by molar-refractivity contribution is -0.145. The molecule has 0 radical (unpaired) electrons. The fourth-order valence-electron chi connectivity index (χ4n) is 2.49. The number of carbonyl (C=O) groups excluding carboxylic acids is 1. The fraction of sp³-hybridized carbons (Fsp3) is 0.562. The fourth-order valence-corrected chi connectivity index (χ4v) is 2.63. The van der Waals surface area contributed by atoms with E-state index in [0.717, 1.165) is 26.2 Å². The van der Waals surface area contributed by atoms with Crippen LogP contribution in [0.4, 0.5) is 14.7 Å². The number of aromatic nitrogens is 3. The predicted octanol–water partition coefficient (Wildman–Crippen LogP) is 4.43. The molecule has 1 aliphatic carbocycles. The third-order valence-corrected chi connectivity index (χ3v) is 5.04. The number of hydrogen-bond acceptors (Lipinski definition) is 3. The number of alkyl halides is 2. The molecular formula is C16H19ClF2N4O. The monoisotopic (exact) mass is 356 g/mol. The van der Waals surface area contributed by atoms with Gasteiger partial charge in [-0.1, -0.05) is 11.6 Å². The SMILES string of the molecule is CC(F)(F)C(C)(C)C(=O)Nc1nc2ccc(Cl)nc2n1C1CCC1. The van der Waals surface area contributed by atoms with E-state index in [2.05, 4.69) is 15.3 Å². The molecule has 1 N–H and O–H groups in total. The van der Waals surface area contributed by atoms with Gasteiger partial charge in [0.25, 0.3) is 5.92 Å². The van der Waals surface area contributed by atoms with Crippen LogP contribution >= 0.6 is 11.6 Å². The molecule has 0 unspecified atom stereocenters. The van der Waals surface area contributed by atoms with Gasteiger partial charge in [0.2, 0.25) is 11.9 Å². The van der Waals surface area contributed by atoms with Gasteiger partial charge < -0.3 is 0 Å². The van der Waals surface area contributed by atoms with Crippen molar-refractivity contribution < 1.29 is 13.6 Å². The summed E-state index contributed by atoms with van der Waals surface area (Å²) in [5, 5.41) is 2.89. The Kier molecular flexibility index (Phi) is 4.02. The molecule has 2 aromatic heterocycles. The zero-order valence-corrected chi connectivity index (χ0v) is 14.5. The van der Waals surface area contributed by atoms with E-state index >= 15 is 0 Å². The van der Waals surface area contributed by atoms with Crippen LogP contribution in [0.1, 0.15) is 46.1 Å². The highest BCUT2D eigenvalue weighted by Gasteiger charge is 2.48. The van der Waals surface area contributed by atoms with Gasteiger partial charge in [0.15, 0.2) is 5.65 Å². The van der Waals surface area contributed by atoms with Gasteiger partial charge in [-0.05, 0) is 45.2 Å². The summed E-state index contributed by atoms with van der Waals surface area (Å²) in [6, 6.07) is 3.45. The van der Waals surface area contributed by atoms with E-state index in [0.29, 0.717) is 16.3 Å². The first kappa shape index (κ1) is 17.1. The molecule has 8 heteroatoms. The Morgan fingerprint density at radius 2 is 1.96 bits per heavy atom. The van der Waals surface area contributed by atoms with Crippen LogP contribution in [-0.4, -0.2) is 26.4 Å². The van der Waals surface area contributed by atoms with Crippen LogP contribution in [0.15, 0.2) is 12.1 Å². The van der Waals surface area contributed by atoms with Crippen LogP contribution in [0.2, 0.25) is 5.15 Å². The minimum atomic E-state index is -3.16. The van der Waals surface area contributed by atoms with E-state index in [1.165, 1.54) is 13.8 Å². The molecule has 1 saturated carbocycles. The first-order valence-corrected chi connectivity index (χ1v) is 8.23. The van der Waals surface area contributed by atoms with Gasteiger partial charge in [-0.15, -0.1) is 0 Å². The number of hydrogen-bond donors (Lipinski definition) is 1. The number of amides is 1. The van der Waals surface area contributed by atoms with Crippen molar-refractivity contribution in [1.82, 2.24) is 14.5 Å². The minimum Gasteiger partial charge on any atom is -0.295 e. The smallest absolute Gasteiger partial charge is 0.259 e. The second-order valence-corrected chi connectivity index (χ2v) is 7.22. The lowest BCUT2D eigenvalue weighted by Crippen LogP contribution is -2.44. The van der Waals surface area contributed by atoms with Crippen molar-refractivity contribution in [2.24, 2.45) is 5.41 Å². The maximum atomic E-state index is 13.7. The zero-order valence-electron chi connectivity index (χ0n) is 13.7. The second kappa shape index (κ2) is 5.65. The van der Waals surface area contributed by atoms with E-state index in [-0.39, 0.29) is 12.0 Å². The Morgan fingerprint density at radius 3 is 2.50 bits per heavy atom. The minimum absolute atomic E-state index is 0.140. The van der Waals surface area contributed by atoms with Crippen molar-refractivity contribution in [3.05, 3.63) is 17.3 Å². The van der Waals surface area contributed by atoms with Crippen molar-refractivity contribution in [3.63, 3.8) is 0 Å². The molecule has 24 heavy (non-hydrogen) atoms. The lowest BCUT2D eigenvalue weighted by Gasteiger charge is -2.31. The van der Waals surface area contributed by atoms with Gasteiger partial charge in [-0.25, -0.2) is 18.7 Å². The predicted molar refractivity (Wildman–Crippen MR) is 88.5 cm³/mol. The van der Waals surface area contributed by atoms with Crippen molar-refractivity contribution >= 4 is 34.6 Å². The van der Waals surface area contributed by atoms with E-state index in [9.17, 15) is 13.6 Å². The maximum absolute atomic E-state index is 13.7. The molecule has 0 aromatic carbocycles. The highest BCUT2D eigenvalue weighted by Crippen LogP contribution is 2.39. The maximum Gasteiger partial charge on any atom is 0.259 e. The number of fused-ring (bicyclic) bond motifs is 1. The third-order valence-electron chi connectivity index (χ3n) is 4.83. The third kappa shape index (κ3) is 2.75. The number of nitrogens with zero attached hydrogens (tertiary/aromatic N) is 3. The molecule has 130 valence electrons. The van der Waals surface area contributed by atoms with Crippen molar-refractivity contribution in [1.29, 1.82) is 0 Å². The number of rotatable bonds is 4. The van der Waals surface area contributed by atoms with Gasteiger partial charge in [0, 0.05) is 13.0 Å². The summed E-state index contributed by atoms with van der Waals surface area (Å²) in [6.45, 7) is 3.17. The van der Waals surface area contributed by atoms with Gasteiger partial charge in [-0.3, -0.25) is 14.7 Å². The molecule has 3 rings (SSSR count). The van der Waals surface area contributed by atoms with Gasteiger partial charge in [0.1, 0.15) is 16.1 Å². The molecule has 1 amide bonds. The lowest BCUT2D eigenvalue weighted by atomic mass is 9.85. The molecule has 0 spiro atoms. The van der Waals surface area contributed by atoms with E-state index in [1.54, 1.807) is 16.7 Å². The number of carbonyl (C=O) groups is 1. The first-order valence-electron chi connectivity index (χ1n) is 7.85. The number of pyridine rings is 1. The summed E-state index contributed by atoms with van der Waals surface area (Å²) in [5.74, 6) is -3.70. The molecule has 1 fully saturated rings. The highest BCUT2D eigenvalue weighted by molar-refractivity contribution is 6.29. The molecular weight excluding hydrogens is 338 g/mol. The summed E-state index contributed by atoms with van der Waals surface area (Å²) in [6.07, 6.45) is 2.92. The molecule has 0 saturated heterocycles. The Balaban J connectivity index is 2.02. The Hall–Kier alpha value is -1.76. The normalized spacial score (nSPS) is 16.2.